The van der Waals surface area contributed by atoms with E-state index in [-0.39, 0.29) is 12.6 Å². The summed E-state index contributed by atoms with van der Waals surface area (Å²) in [5.74, 6) is -0.238. The Labute approximate surface area is 96.6 Å². The molecule has 0 unspecified atom stereocenters. The maximum Gasteiger partial charge on any atom is 0.312 e. The zero-order valence-corrected chi connectivity index (χ0v) is 10.1. The molecule has 4 heteroatoms. The van der Waals surface area contributed by atoms with Crippen LogP contribution in [0.4, 0.5) is 0 Å². The van der Waals surface area contributed by atoms with Crippen molar-refractivity contribution < 1.29 is 19.7 Å². The monoisotopic (exact) mass is 230 g/mol. The predicted octanol–water partition coefficient (Wildman–Crippen LogP) is 1.10. The van der Waals surface area contributed by atoms with Gasteiger partial charge in [0.2, 0.25) is 0 Å². The van der Waals surface area contributed by atoms with E-state index in [1.54, 1.807) is 0 Å². The second kappa shape index (κ2) is 6.21. The van der Waals surface area contributed by atoms with Crippen molar-refractivity contribution in [1.82, 2.24) is 0 Å². The molecule has 0 radical (unpaired) electrons. The molecular weight excluding hydrogens is 208 g/mol. The van der Waals surface area contributed by atoms with E-state index in [0.717, 1.165) is 12.8 Å². The van der Waals surface area contributed by atoms with Gasteiger partial charge in [0.05, 0.1) is 18.6 Å². The second-order valence-corrected chi connectivity index (χ2v) is 4.74. The van der Waals surface area contributed by atoms with Crippen molar-refractivity contribution in [3.63, 3.8) is 0 Å². The summed E-state index contributed by atoms with van der Waals surface area (Å²) in [6.07, 6.45) is 2.03. The Balaban J connectivity index is 2.36. The molecule has 0 saturated carbocycles. The maximum atomic E-state index is 11.4. The third-order valence-corrected chi connectivity index (χ3v) is 3.42. The molecule has 94 valence electrons. The lowest BCUT2D eigenvalue weighted by atomic mass is 9.92. The fraction of sp³-hybridized carbons (Fsp3) is 0.917. The Hall–Kier alpha value is -0.610. The van der Waals surface area contributed by atoms with Gasteiger partial charge in [0.1, 0.15) is 6.10 Å². The smallest absolute Gasteiger partial charge is 0.312 e. The molecule has 2 N–H and O–H groups in total. The van der Waals surface area contributed by atoms with Gasteiger partial charge < -0.3 is 14.9 Å². The van der Waals surface area contributed by atoms with E-state index in [1.807, 2.05) is 0 Å². The summed E-state index contributed by atoms with van der Waals surface area (Å²) >= 11 is 0. The Bertz CT molecular complexity index is 229. The van der Waals surface area contributed by atoms with Crippen LogP contribution in [0.5, 0.6) is 0 Å². The molecule has 1 rings (SSSR count). The van der Waals surface area contributed by atoms with Gasteiger partial charge in [0, 0.05) is 6.42 Å². The van der Waals surface area contributed by atoms with Crippen LogP contribution in [0.25, 0.3) is 0 Å². The molecule has 0 bridgehead atoms. The fourth-order valence-corrected chi connectivity index (χ4v) is 1.97. The van der Waals surface area contributed by atoms with Crippen LogP contribution in [0.1, 0.15) is 39.5 Å². The van der Waals surface area contributed by atoms with Gasteiger partial charge in [-0.15, -0.1) is 0 Å². The van der Waals surface area contributed by atoms with Crippen LogP contribution in [-0.4, -0.2) is 35.0 Å². The molecule has 0 aromatic rings. The first kappa shape index (κ1) is 13.5. The molecule has 1 heterocycles. The number of esters is 1. The zero-order valence-electron chi connectivity index (χ0n) is 10.1. The number of ether oxygens (including phenoxy) is 1. The summed E-state index contributed by atoms with van der Waals surface area (Å²) in [6.45, 7) is 4.10. The standard InChI is InChI=1S/C12H22O4/c1-3-8(2)4-5-11(14)10-6-9(7-13)16-12(10)15/h8-11,13-14H,3-7H2,1-2H3/t8-,9-,10+,11-/m0/s1. The minimum Gasteiger partial charge on any atom is -0.460 e. The highest BCUT2D eigenvalue weighted by Gasteiger charge is 2.38. The highest BCUT2D eigenvalue weighted by molar-refractivity contribution is 5.75. The molecule has 0 aliphatic carbocycles. The van der Waals surface area contributed by atoms with Gasteiger partial charge in [-0.1, -0.05) is 20.3 Å². The third kappa shape index (κ3) is 3.46. The third-order valence-electron chi connectivity index (χ3n) is 3.42. The number of carbonyl (C=O) groups is 1. The van der Waals surface area contributed by atoms with Gasteiger partial charge in [-0.05, 0) is 18.8 Å². The number of cyclic esters (lactones) is 1. The van der Waals surface area contributed by atoms with Gasteiger partial charge in [-0.3, -0.25) is 4.79 Å². The van der Waals surface area contributed by atoms with Crippen LogP contribution >= 0.6 is 0 Å². The van der Waals surface area contributed by atoms with Crippen molar-refractivity contribution in [3.05, 3.63) is 0 Å². The summed E-state index contributed by atoms with van der Waals surface area (Å²) in [5.41, 5.74) is 0. The van der Waals surface area contributed by atoms with Crippen LogP contribution < -0.4 is 0 Å². The quantitative estimate of drug-likeness (QED) is 0.670. The zero-order chi connectivity index (χ0) is 12.1. The molecular formula is C12H22O4. The first-order chi connectivity index (χ1) is 7.58. The second-order valence-electron chi connectivity index (χ2n) is 4.74. The average molecular weight is 230 g/mol. The van der Waals surface area contributed by atoms with E-state index >= 15 is 0 Å². The molecule has 4 nitrogen and oxygen atoms in total. The number of carbonyl (C=O) groups excluding carboxylic acids is 1. The van der Waals surface area contributed by atoms with Gasteiger partial charge in [0.25, 0.3) is 0 Å². The molecule has 16 heavy (non-hydrogen) atoms. The highest BCUT2D eigenvalue weighted by atomic mass is 16.6. The van der Waals surface area contributed by atoms with E-state index in [2.05, 4.69) is 13.8 Å². The average Bonchev–Trinajstić information content (AvgIpc) is 2.67. The SMILES string of the molecule is CC[C@H](C)CC[C@H](O)[C@H]1C[C@@H](CO)OC1=O. The van der Waals surface area contributed by atoms with Crippen molar-refractivity contribution in [2.75, 3.05) is 6.61 Å². The fourth-order valence-electron chi connectivity index (χ4n) is 1.97. The topological polar surface area (TPSA) is 66.8 Å². The summed E-state index contributed by atoms with van der Waals surface area (Å²) < 4.78 is 4.93. The van der Waals surface area contributed by atoms with Crippen LogP contribution in [0.15, 0.2) is 0 Å². The number of aliphatic hydroxyl groups excluding tert-OH is 2. The molecule has 4 atom stereocenters. The van der Waals surface area contributed by atoms with Crippen molar-refractivity contribution >= 4 is 5.97 Å². The normalized spacial score (nSPS) is 28.9. The first-order valence-electron chi connectivity index (χ1n) is 6.07. The molecule has 0 aromatic carbocycles. The largest absolute Gasteiger partial charge is 0.460 e. The van der Waals surface area contributed by atoms with Crippen molar-refractivity contribution in [2.45, 2.75) is 51.7 Å². The van der Waals surface area contributed by atoms with E-state index < -0.39 is 18.1 Å². The number of rotatable bonds is 6. The molecule has 1 saturated heterocycles. The van der Waals surface area contributed by atoms with Crippen LogP contribution in [0, 0.1) is 11.8 Å². The van der Waals surface area contributed by atoms with Crippen LogP contribution in [-0.2, 0) is 9.53 Å². The molecule has 0 amide bonds. The molecule has 1 aliphatic rings. The highest BCUT2D eigenvalue weighted by Crippen LogP contribution is 2.27. The van der Waals surface area contributed by atoms with E-state index in [0.29, 0.717) is 18.8 Å². The number of aliphatic hydroxyl groups is 2. The Morgan fingerprint density at radius 3 is 2.69 bits per heavy atom. The summed E-state index contributed by atoms with van der Waals surface area (Å²) in [6, 6.07) is 0. The van der Waals surface area contributed by atoms with E-state index in [4.69, 9.17) is 9.84 Å². The van der Waals surface area contributed by atoms with Gasteiger partial charge in [-0.2, -0.15) is 0 Å². The van der Waals surface area contributed by atoms with Crippen molar-refractivity contribution in [2.24, 2.45) is 11.8 Å². The summed E-state index contributed by atoms with van der Waals surface area (Å²) in [7, 11) is 0. The minimum absolute atomic E-state index is 0.152. The lowest BCUT2D eigenvalue weighted by Crippen LogP contribution is -2.25. The van der Waals surface area contributed by atoms with Crippen molar-refractivity contribution in [1.29, 1.82) is 0 Å². The molecule has 0 spiro atoms. The Morgan fingerprint density at radius 2 is 2.19 bits per heavy atom. The molecule has 1 fully saturated rings. The number of hydrogen-bond donors (Lipinski definition) is 2. The Morgan fingerprint density at radius 1 is 1.50 bits per heavy atom. The lowest BCUT2D eigenvalue weighted by Gasteiger charge is -2.16. The van der Waals surface area contributed by atoms with Gasteiger partial charge in [-0.25, -0.2) is 0 Å². The maximum absolute atomic E-state index is 11.4. The molecule has 0 aromatic heterocycles. The molecule has 1 aliphatic heterocycles. The predicted molar refractivity (Wildman–Crippen MR) is 59.8 cm³/mol. The Kier molecular flexibility index (Phi) is 5.22. The van der Waals surface area contributed by atoms with Gasteiger partial charge >= 0.3 is 5.97 Å². The van der Waals surface area contributed by atoms with E-state index in [1.165, 1.54) is 0 Å². The summed E-state index contributed by atoms with van der Waals surface area (Å²) in [4.78, 5) is 11.4. The van der Waals surface area contributed by atoms with Crippen molar-refractivity contribution in [3.8, 4) is 0 Å². The minimum atomic E-state index is -0.627. The first-order valence-corrected chi connectivity index (χ1v) is 6.07. The van der Waals surface area contributed by atoms with Crippen LogP contribution in [0.3, 0.4) is 0 Å². The summed E-state index contributed by atoms with van der Waals surface area (Å²) in [5, 5.41) is 18.8. The number of hydrogen-bond acceptors (Lipinski definition) is 4. The van der Waals surface area contributed by atoms with Gasteiger partial charge in [0.15, 0.2) is 0 Å². The van der Waals surface area contributed by atoms with Crippen LogP contribution in [0.2, 0.25) is 0 Å². The lowest BCUT2D eigenvalue weighted by molar-refractivity contribution is -0.147. The van der Waals surface area contributed by atoms with E-state index in [9.17, 15) is 9.90 Å².